The van der Waals surface area contributed by atoms with Crippen LogP contribution in [0.25, 0.3) is 0 Å². The average molecular weight is 260 g/mol. The maximum Gasteiger partial charge on any atom is 0.323 e. The number of carbonyl (C=O) groups is 1. The Labute approximate surface area is 104 Å². The van der Waals surface area contributed by atoms with Crippen molar-refractivity contribution in [2.45, 2.75) is 19.0 Å². The van der Waals surface area contributed by atoms with E-state index in [1.54, 1.807) is 6.07 Å². The van der Waals surface area contributed by atoms with Crippen LogP contribution < -0.4 is 5.32 Å². The highest BCUT2D eigenvalue weighted by molar-refractivity contribution is 6.35. The molecule has 0 spiro atoms. The molecule has 1 atom stereocenters. The van der Waals surface area contributed by atoms with Crippen molar-refractivity contribution in [1.29, 1.82) is 0 Å². The third-order valence-corrected chi connectivity index (χ3v) is 3.24. The van der Waals surface area contributed by atoms with Crippen molar-refractivity contribution in [3.05, 3.63) is 33.3 Å². The van der Waals surface area contributed by atoms with Crippen molar-refractivity contribution in [3.63, 3.8) is 0 Å². The summed E-state index contributed by atoms with van der Waals surface area (Å²) in [5.74, 6) is -0.267. The number of ether oxygens (including phenoxy) is 1. The van der Waals surface area contributed by atoms with Crippen molar-refractivity contribution in [1.82, 2.24) is 5.32 Å². The molecule has 0 bridgehead atoms. The van der Waals surface area contributed by atoms with Gasteiger partial charge in [0.1, 0.15) is 6.04 Å². The van der Waals surface area contributed by atoms with Gasteiger partial charge in [-0.1, -0.05) is 23.2 Å². The van der Waals surface area contributed by atoms with E-state index in [0.29, 0.717) is 23.0 Å². The normalized spacial score (nSPS) is 19.1. The molecule has 16 heavy (non-hydrogen) atoms. The van der Waals surface area contributed by atoms with Crippen LogP contribution in [0.5, 0.6) is 0 Å². The van der Waals surface area contributed by atoms with Gasteiger partial charge in [-0.15, -0.1) is 0 Å². The minimum Gasteiger partial charge on any atom is -0.468 e. The average Bonchev–Trinajstić information content (AvgIpc) is 2.27. The Morgan fingerprint density at radius 2 is 2.25 bits per heavy atom. The predicted octanol–water partition coefficient (Wildman–Crippen LogP) is 2.18. The van der Waals surface area contributed by atoms with Gasteiger partial charge in [-0.05, 0) is 23.3 Å². The molecule has 3 nitrogen and oxygen atoms in total. The fourth-order valence-electron chi connectivity index (χ4n) is 1.86. The summed E-state index contributed by atoms with van der Waals surface area (Å²) in [6, 6.07) is 3.24. The van der Waals surface area contributed by atoms with Gasteiger partial charge in [0, 0.05) is 23.0 Å². The standard InChI is InChI=1S/C11H11Cl2NO2/c1-16-11(15)10-4-8-6(5-14-10)2-7(12)3-9(8)13/h2-3,10,14H,4-5H2,1H3. The number of carbonyl (C=O) groups excluding carboxylic acids is 1. The Hall–Kier alpha value is -0.770. The lowest BCUT2D eigenvalue weighted by Crippen LogP contribution is -2.42. The van der Waals surface area contributed by atoms with Gasteiger partial charge in [0.05, 0.1) is 7.11 Å². The van der Waals surface area contributed by atoms with Crippen LogP contribution in [0.1, 0.15) is 11.1 Å². The first-order valence-corrected chi connectivity index (χ1v) is 5.65. The highest BCUT2D eigenvalue weighted by Crippen LogP contribution is 2.29. The highest BCUT2D eigenvalue weighted by atomic mass is 35.5. The number of halogens is 2. The summed E-state index contributed by atoms with van der Waals surface area (Å²) in [6.07, 6.45) is 0.540. The molecule has 1 N–H and O–H groups in total. The summed E-state index contributed by atoms with van der Waals surface area (Å²) in [5.41, 5.74) is 2.01. The van der Waals surface area contributed by atoms with Crippen LogP contribution in [0.15, 0.2) is 12.1 Å². The van der Waals surface area contributed by atoms with Crippen LogP contribution in [0, 0.1) is 0 Å². The monoisotopic (exact) mass is 259 g/mol. The third-order valence-electron chi connectivity index (χ3n) is 2.69. The Morgan fingerprint density at radius 1 is 1.50 bits per heavy atom. The third kappa shape index (κ3) is 2.17. The summed E-state index contributed by atoms with van der Waals surface area (Å²) < 4.78 is 4.70. The van der Waals surface area contributed by atoms with E-state index in [9.17, 15) is 4.79 Å². The lowest BCUT2D eigenvalue weighted by atomic mass is 9.96. The maximum absolute atomic E-state index is 11.4. The summed E-state index contributed by atoms with van der Waals surface area (Å²) in [6.45, 7) is 0.579. The van der Waals surface area contributed by atoms with Gasteiger partial charge in [0.2, 0.25) is 0 Å². The number of nitrogens with one attached hydrogen (secondary N) is 1. The van der Waals surface area contributed by atoms with Gasteiger partial charge in [0.25, 0.3) is 0 Å². The summed E-state index contributed by atoms with van der Waals surface area (Å²) >= 11 is 12.0. The SMILES string of the molecule is COC(=O)C1Cc2c(Cl)cc(Cl)cc2CN1. The zero-order valence-corrected chi connectivity index (χ0v) is 10.2. The fraction of sp³-hybridized carbons (Fsp3) is 0.364. The number of esters is 1. The highest BCUT2D eigenvalue weighted by Gasteiger charge is 2.26. The zero-order valence-electron chi connectivity index (χ0n) is 8.72. The largest absolute Gasteiger partial charge is 0.468 e. The molecule has 1 unspecified atom stereocenters. The van der Waals surface area contributed by atoms with E-state index < -0.39 is 0 Å². The van der Waals surface area contributed by atoms with Crippen molar-refractivity contribution >= 4 is 29.2 Å². The molecule has 0 radical (unpaired) electrons. The second-order valence-corrected chi connectivity index (χ2v) is 4.53. The number of benzene rings is 1. The molecule has 0 fully saturated rings. The smallest absolute Gasteiger partial charge is 0.323 e. The van der Waals surface area contributed by atoms with E-state index in [-0.39, 0.29) is 12.0 Å². The number of methoxy groups -OCH3 is 1. The number of fused-ring (bicyclic) bond motifs is 1. The second kappa shape index (κ2) is 4.62. The van der Waals surface area contributed by atoms with Gasteiger partial charge >= 0.3 is 5.97 Å². The van der Waals surface area contributed by atoms with Crippen LogP contribution >= 0.6 is 23.2 Å². The first kappa shape index (κ1) is 11.7. The van der Waals surface area contributed by atoms with E-state index in [4.69, 9.17) is 27.9 Å². The van der Waals surface area contributed by atoms with Crippen LogP contribution in [0.3, 0.4) is 0 Å². The topological polar surface area (TPSA) is 38.3 Å². The molecule has 2 rings (SSSR count). The van der Waals surface area contributed by atoms with E-state index in [0.717, 1.165) is 11.1 Å². The lowest BCUT2D eigenvalue weighted by Gasteiger charge is -2.25. The summed E-state index contributed by atoms with van der Waals surface area (Å²) in [4.78, 5) is 11.4. The molecular weight excluding hydrogens is 249 g/mol. The molecule has 1 aliphatic heterocycles. The van der Waals surface area contributed by atoms with Crippen molar-refractivity contribution in [2.24, 2.45) is 0 Å². The molecule has 0 amide bonds. The molecule has 1 aliphatic rings. The maximum atomic E-state index is 11.4. The zero-order chi connectivity index (χ0) is 11.7. The van der Waals surface area contributed by atoms with Crippen LogP contribution in [-0.4, -0.2) is 19.1 Å². The molecule has 0 aromatic heterocycles. The minimum absolute atomic E-state index is 0.267. The Bertz CT molecular complexity index is 434. The van der Waals surface area contributed by atoms with Crippen molar-refractivity contribution in [3.8, 4) is 0 Å². The summed E-state index contributed by atoms with van der Waals surface area (Å²) in [5, 5.41) is 4.31. The first-order chi connectivity index (χ1) is 7.61. The van der Waals surface area contributed by atoms with E-state index in [1.807, 2.05) is 6.07 Å². The first-order valence-electron chi connectivity index (χ1n) is 4.90. The van der Waals surface area contributed by atoms with Gasteiger partial charge in [-0.25, -0.2) is 0 Å². The Morgan fingerprint density at radius 3 is 2.94 bits per heavy atom. The van der Waals surface area contributed by atoms with E-state index in [1.165, 1.54) is 7.11 Å². The molecule has 1 aromatic carbocycles. The number of hydrogen-bond acceptors (Lipinski definition) is 3. The Balaban J connectivity index is 2.30. The van der Waals surface area contributed by atoms with Crippen LogP contribution in [-0.2, 0) is 22.5 Å². The van der Waals surface area contributed by atoms with E-state index in [2.05, 4.69) is 5.32 Å². The summed E-state index contributed by atoms with van der Waals surface area (Å²) in [7, 11) is 1.38. The predicted molar refractivity (Wildman–Crippen MR) is 62.8 cm³/mol. The molecule has 1 aromatic rings. The number of hydrogen-bond donors (Lipinski definition) is 1. The van der Waals surface area contributed by atoms with Crippen LogP contribution in [0.2, 0.25) is 10.0 Å². The van der Waals surface area contributed by atoms with Gasteiger partial charge in [0.15, 0.2) is 0 Å². The van der Waals surface area contributed by atoms with E-state index >= 15 is 0 Å². The fourth-order valence-corrected chi connectivity index (χ4v) is 2.47. The van der Waals surface area contributed by atoms with Crippen LogP contribution in [0.4, 0.5) is 0 Å². The van der Waals surface area contributed by atoms with Gasteiger partial charge < -0.3 is 10.1 Å². The Kier molecular flexibility index (Phi) is 3.38. The molecule has 0 aliphatic carbocycles. The molecule has 86 valence electrons. The molecule has 0 saturated carbocycles. The van der Waals surface area contributed by atoms with Gasteiger partial charge in [-0.3, -0.25) is 4.79 Å². The lowest BCUT2D eigenvalue weighted by molar-refractivity contribution is -0.143. The van der Waals surface area contributed by atoms with Gasteiger partial charge in [-0.2, -0.15) is 0 Å². The molecule has 0 saturated heterocycles. The minimum atomic E-state index is -0.323. The molecule has 5 heteroatoms. The van der Waals surface area contributed by atoms with Crippen molar-refractivity contribution in [2.75, 3.05) is 7.11 Å². The second-order valence-electron chi connectivity index (χ2n) is 3.69. The van der Waals surface area contributed by atoms with Crippen molar-refractivity contribution < 1.29 is 9.53 Å². The molecule has 1 heterocycles. The number of rotatable bonds is 1. The quantitative estimate of drug-likeness (QED) is 0.786. The molecular formula is C11H11Cl2NO2.